The average Bonchev–Trinajstić information content (AvgIpc) is 2.30. The minimum atomic E-state index is 0.187. The molecule has 0 aliphatic carbocycles. The van der Waals surface area contributed by atoms with Crippen LogP contribution in [0, 0.1) is 6.92 Å². The highest BCUT2D eigenvalue weighted by Crippen LogP contribution is 2.37. The minimum Gasteiger partial charge on any atom is -0.496 e. The first-order chi connectivity index (χ1) is 8.02. The topological polar surface area (TPSA) is 29.5 Å². The van der Waals surface area contributed by atoms with Crippen molar-refractivity contribution in [1.29, 1.82) is 0 Å². The molecule has 0 bridgehead atoms. The summed E-state index contributed by atoms with van der Waals surface area (Å²) in [4.78, 5) is 0. The predicted molar refractivity (Wildman–Crippen MR) is 72.2 cm³/mol. The van der Waals surface area contributed by atoms with E-state index < -0.39 is 0 Å². The van der Waals surface area contributed by atoms with Gasteiger partial charge in [0.1, 0.15) is 5.75 Å². The van der Waals surface area contributed by atoms with E-state index in [1.807, 2.05) is 13.0 Å². The van der Waals surface area contributed by atoms with Crippen molar-refractivity contribution in [3.05, 3.63) is 27.8 Å². The van der Waals surface area contributed by atoms with Crippen LogP contribution >= 0.6 is 11.6 Å². The van der Waals surface area contributed by atoms with Crippen LogP contribution in [0.3, 0.4) is 0 Å². The summed E-state index contributed by atoms with van der Waals surface area (Å²) in [6.45, 7) is 6.44. The molecule has 0 fully saturated rings. The zero-order chi connectivity index (χ0) is 13.0. The van der Waals surface area contributed by atoms with E-state index in [1.165, 1.54) is 0 Å². The molecule has 0 aromatic heterocycles. The number of hydrogen-bond acceptors (Lipinski definition) is 2. The van der Waals surface area contributed by atoms with Gasteiger partial charge in [0.2, 0.25) is 0 Å². The number of methoxy groups -OCH3 is 1. The monoisotopic (exact) mass is 256 g/mol. The van der Waals surface area contributed by atoms with E-state index in [9.17, 15) is 0 Å². The fourth-order valence-electron chi connectivity index (χ4n) is 2.03. The molecule has 0 radical (unpaired) electrons. The largest absolute Gasteiger partial charge is 0.496 e. The summed E-state index contributed by atoms with van der Waals surface area (Å²) < 4.78 is 5.53. The van der Waals surface area contributed by atoms with Crippen LogP contribution in [0.15, 0.2) is 6.07 Å². The lowest BCUT2D eigenvalue weighted by Gasteiger charge is -2.19. The third-order valence-electron chi connectivity index (χ3n) is 3.04. The van der Waals surface area contributed by atoms with Crippen LogP contribution in [-0.2, 0) is 6.42 Å². The van der Waals surface area contributed by atoms with E-state index in [2.05, 4.69) is 13.8 Å². The van der Waals surface area contributed by atoms with E-state index in [-0.39, 0.29) is 6.61 Å². The van der Waals surface area contributed by atoms with Crippen LogP contribution in [0.2, 0.25) is 5.02 Å². The van der Waals surface area contributed by atoms with Crippen molar-refractivity contribution in [3.63, 3.8) is 0 Å². The molecule has 1 rings (SSSR count). The molecule has 3 heteroatoms. The van der Waals surface area contributed by atoms with Crippen LogP contribution in [-0.4, -0.2) is 18.8 Å². The highest BCUT2D eigenvalue weighted by Gasteiger charge is 2.17. The molecule has 0 spiro atoms. The first-order valence-corrected chi connectivity index (χ1v) is 6.37. The van der Waals surface area contributed by atoms with Gasteiger partial charge in [-0.15, -0.1) is 0 Å². The Bertz CT molecular complexity index is 386. The van der Waals surface area contributed by atoms with Crippen molar-refractivity contribution in [2.45, 2.75) is 39.5 Å². The van der Waals surface area contributed by atoms with Crippen LogP contribution in [0.4, 0.5) is 0 Å². The SMILES string of the molecule is COc1c(C(C)C)cc(Cl)c(C)c1CCCO. The molecule has 0 aliphatic rings. The van der Waals surface area contributed by atoms with E-state index in [1.54, 1.807) is 7.11 Å². The molecular weight excluding hydrogens is 236 g/mol. The summed E-state index contributed by atoms with van der Waals surface area (Å²) in [6, 6.07) is 1.99. The van der Waals surface area contributed by atoms with Gasteiger partial charge >= 0.3 is 0 Å². The van der Waals surface area contributed by atoms with Crippen LogP contribution in [0.25, 0.3) is 0 Å². The van der Waals surface area contributed by atoms with Crippen molar-refractivity contribution in [3.8, 4) is 5.75 Å². The number of rotatable bonds is 5. The fourth-order valence-corrected chi connectivity index (χ4v) is 2.26. The van der Waals surface area contributed by atoms with E-state index >= 15 is 0 Å². The Balaban J connectivity index is 3.31. The predicted octanol–water partition coefficient (Wildman–Crippen LogP) is 3.71. The molecule has 0 saturated carbocycles. The number of halogens is 1. The number of benzene rings is 1. The summed E-state index contributed by atoms with van der Waals surface area (Å²) in [5, 5.41) is 9.74. The summed E-state index contributed by atoms with van der Waals surface area (Å²) in [5.41, 5.74) is 3.31. The molecule has 0 aliphatic heterocycles. The molecule has 96 valence electrons. The zero-order valence-corrected chi connectivity index (χ0v) is 11.8. The van der Waals surface area contributed by atoms with Crippen molar-refractivity contribution in [2.24, 2.45) is 0 Å². The van der Waals surface area contributed by atoms with Crippen LogP contribution < -0.4 is 4.74 Å². The Labute approximate surface area is 109 Å². The maximum atomic E-state index is 8.96. The number of aliphatic hydroxyl groups excluding tert-OH is 1. The third kappa shape index (κ3) is 3.14. The van der Waals surface area contributed by atoms with E-state index in [0.29, 0.717) is 5.92 Å². The van der Waals surface area contributed by atoms with Gasteiger partial charge in [0.25, 0.3) is 0 Å². The number of ether oxygens (including phenoxy) is 1. The van der Waals surface area contributed by atoms with Crippen molar-refractivity contribution < 1.29 is 9.84 Å². The fraction of sp³-hybridized carbons (Fsp3) is 0.571. The molecule has 17 heavy (non-hydrogen) atoms. The van der Waals surface area contributed by atoms with Gasteiger partial charge in [0.05, 0.1) is 7.11 Å². The zero-order valence-electron chi connectivity index (χ0n) is 11.0. The van der Waals surface area contributed by atoms with Gasteiger partial charge in [-0.2, -0.15) is 0 Å². The first kappa shape index (κ1) is 14.3. The molecule has 0 atom stereocenters. The summed E-state index contributed by atoms with van der Waals surface area (Å²) in [7, 11) is 1.69. The quantitative estimate of drug-likeness (QED) is 0.870. The molecular formula is C14H21ClO2. The van der Waals surface area contributed by atoms with Gasteiger partial charge < -0.3 is 9.84 Å². The molecule has 0 heterocycles. The number of hydrogen-bond donors (Lipinski definition) is 1. The molecule has 0 unspecified atom stereocenters. The molecule has 1 aromatic carbocycles. The van der Waals surface area contributed by atoms with Crippen LogP contribution in [0.1, 0.15) is 42.9 Å². The van der Waals surface area contributed by atoms with Crippen molar-refractivity contribution >= 4 is 11.6 Å². The van der Waals surface area contributed by atoms with Gasteiger partial charge in [-0.05, 0) is 48.4 Å². The molecule has 0 amide bonds. The second-order valence-corrected chi connectivity index (χ2v) is 4.97. The average molecular weight is 257 g/mol. The van der Waals surface area contributed by atoms with Crippen LogP contribution in [0.5, 0.6) is 5.75 Å². The Hall–Kier alpha value is -0.730. The lowest BCUT2D eigenvalue weighted by molar-refractivity contribution is 0.287. The Kier molecular flexibility index (Phi) is 5.29. The van der Waals surface area contributed by atoms with Gasteiger partial charge in [-0.1, -0.05) is 25.4 Å². The highest BCUT2D eigenvalue weighted by molar-refractivity contribution is 6.31. The summed E-state index contributed by atoms with van der Waals surface area (Å²) in [5.74, 6) is 1.30. The lowest BCUT2D eigenvalue weighted by atomic mass is 9.93. The lowest BCUT2D eigenvalue weighted by Crippen LogP contribution is -2.03. The maximum absolute atomic E-state index is 8.96. The standard InChI is InChI=1S/C14H21ClO2/c1-9(2)12-8-13(15)10(3)11(6-5-7-16)14(12)17-4/h8-9,16H,5-7H2,1-4H3. The Morgan fingerprint density at radius 1 is 1.41 bits per heavy atom. The van der Waals surface area contributed by atoms with E-state index in [0.717, 1.165) is 40.3 Å². The second-order valence-electron chi connectivity index (χ2n) is 4.57. The second kappa shape index (κ2) is 6.27. The van der Waals surface area contributed by atoms with E-state index in [4.69, 9.17) is 21.4 Å². The van der Waals surface area contributed by atoms with Crippen molar-refractivity contribution in [2.75, 3.05) is 13.7 Å². The maximum Gasteiger partial charge on any atom is 0.125 e. The van der Waals surface area contributed by atoms with Crippen molar-refractivity contribution in [1.82, 2.24) is 0 Å². The highest BCUT2D eigenvalue weighted by atomic mass is 35.5. The third-order valence-corrected chi connectivity index (χ3v) is 3.43. The molecule has 1 aromatic rings. The summed E-state index contributed by atoms with van der Waals surface area (Å²) >= 11 is 6.25. The molecule has 0 saturated heterocycles. The Morgan fingerprint density at radius 3 is 2.53 bits per heavy atom. The molecule has 2 nitrogen and oxygen atoms in total. The first-order valence-electron chi connectivity index (χ1n) is 5.99. The Morgan fingerprint density at radius 2 is 2.06 bits per heavy atom. The smallest absolute Gasteiger partial charge is 0.125 e. The summed E-state index contributed by atoms with van der Waals surface area (Å²) in [6.07, 6.45) is 1.53. The van der Waals surface area contributed by atoms with Gasteiger partial charge in [-0.3, -0.25) is 0 Å². The normalized spacial score (nSPS) is 11.0. The minimum absolute atomic E-state index is 0.187. The number of aliphatic hydroxyl groups is 1. The van der Waals surface area contributed by atoms with Gasteiger partial charge in [0, 0.05) is 11.6 Å². The van der Waals surface area contributed by atoms with Gasteiger partial charge in [-0.25, -0.2) is 0 Å². The molecule has 1 N–H and O–H groups in total. The van der Waals surface area contributed by atoms with Gasteiger partial charge in [0.15, 0.2) is 0 Å².